The molecule has 1 unspecified atom stereocenters. The second-order valence-corrected chi connectivity index (χ2v) is 9.70. The standard InChI is InChI=1S/C33H26/c1-21-14-16-31-32(20-21)29(30-17-15-22-8-2-3-9-23(22)33(30)31)19-18-28-26-12-6-4-10-24(26)25-11-5-7-13-27(25)28/h2-17,20,28-29H,18-19H2,1H3. The van der Waals surface area contributed by atoms with Crippen LogP contribution in [0.3, 0.4) is 0 Å². The van der Waals surface area contributed by atoms with E-state index in [-0.39, 0.29) is 0 Å². The topological polar surface area (TPSA) is 0 Å². The Kier molecular flexibility index (Phi) is 4.11. The van der Waals surface area contributed by atoms with Gasteiger partial charge in [-0.25, -0.2) is 0 Å². The summed E-state index contributed by atoms with van der Waals surface area (Å²) < 4.78 is 0. The second kappa shape index (κ2) is 7.18. The molecule has 0 N–H and O–H groups in total. The van der Waals surface area contributed by atoms with Gasteiger partial charge in [-0.15, -0.1) is 0 Å². The molecule has 2 aliphatic carbocycles. The minimum atomic E-state index is 0.458. The van der Waals surface area contributed by atoms with Gasteiger partial charge in [0.25, 0.3) is 0 Å². The summed E-state index contributed by atoms with van der Waals surface area (Å²) in [6.45, 7) is 2.22. The lowest BCUT2D eigenvalue weighted by molar-refractivity contribution is 0.626. The molecule has 0 amide bonds. The summed E-state index contributed by atoms with van der Waals surface area (Å²) in [5, 5.41) is 2.72. The molecule has 0 nitrogen and oxygen atoms in total. The van der Waals surface area contributed by atoms with Gasteiger partial charge in [0.15, 0.2) is 0 Å². The van der Waals surface area contributed by atoms with Crippen molar-refractivity contribution in [2.75, 3.05) is 0 Å². The first-order chi connectivity index (χ1) is 16.3. The Hall–Kier alpha value is -3.64. The summed E-state index contributed by atoms with van der Waals surface area (Å²) in [6.07, 6.45) is 2.33. The van der Waals surface area contributed by atoms with E-state index in [1.165, 1.54) is 67.3 Å². The Balaban J connectivity index is 1.33. The number of aryl methyl sites for hydroxylation is 1. The fourth-order valence-electron chi connectivity index (χ4n) is 6.46. The maximum Gasteiger partial charge on any atom is 0.0102 e. The smallest absolute Gasteiger partial charge is 0.0102 e. The van der Waals surface area contributed by atoms with Crippen molar-refractivity contribution in [2.24, 2.45) is 0 Å². The number of hydrogen-bond acceptors (Lipinski definition) is 0. The zero-order chi connectivity index (χ0) is 21.9. The van der Waals surface area contributed by atoms with Gasteiger partial charge in [-0.2, -0.15) is 0 Å². The summed E-state index contributed by atoms with van der Waals surface area (Å²) >= 11 is 0. The van der Waals surface area contributed by atoms with Gasteiger partial charge in [0.2, 0.25) is 0 Å². The van der Waals surface area contributed by atoms with Crippen LogP contribution in [0.25, 0.3) is 33.0 Å². The summed E-state index contributed by atoms with van der Waals surface area (Å²) in [7, 11) is 0. The SMILES string of the molecule is Cc1ccc2c(c1)C(CCC1c3ccccc3-c3ccccc31)c1ccc3ccccc3c1-2. The lowest BCUT2D eigenvalue weighted by Crippen LogP contribution is -2.03. The Labute approximate surface area is 195 Å². The average Bonchev–Trinajstić information content (AvgIpc) is 3.35. The van der Waals surface area contributed by atoms with Crippen molar-refractivity contribution >= 4 is 10.8 Å². The summed E-state index contributed by atoms with van der Waals surface area (Å²) in [5.74, 6) is 0.939. The van der Waals surface area contributed by atoms with Crippen molar-refractivity contribution in [1.29, 1.82) is 0 Å². The largest absolute Gasteiger partial charge is 0.0619 e. The molecule has 0 bridgehead atoms. The fraction of sp³-hybridized carbons (Fsp3) is 0.152. The van der Waals surface area contributed by atoms with Crippen molar-refractivity contribution in [3.63, 3.8) is 0 Å². The lowest BCUT2D eigenvalue weighted by atomic mass is 9.84. The first kappa shape index (κ1) is 18.9. The van der Waals surface area contributed by atoms with Gasteiger partial charge in [-0.1, -0.05) is 109 Å². The van der Waals surface area contributed by atoms with Crippen LogP contribution in [0.15, 0.2) is 103 Å². The molecule has 2 aliphatic rings. The highest BCUT2D eigenvalue weighted by molar-refractivity contribution is 6.01. The highest BCUT2D eigenvalue weighted by Crippen LogP contribution is 2.53. The van der Waals surface area contributed by atoms with E-state index in [0.717, 1.165) is 6.42 Å². The molecular weight excluding hydrogens is 396 g/mol. The first-order valence-electron chi connectivity index (χ1n) is 12.1. The fourth-order valence-corrected chi connectivity index (χ4v) is 6.46. The van der Waals surface area contributed by atoms with Crippen molar-refractivity contribution in [2.45, 2.75) is 31.6 Å². The van der Waals surface area contributed by atoms with Crippen LogP contribution in [0.1, 0.15) is 52.5 Å². The van der Waals surface area contributed by atoms with E-state index in [9.17, 15) is 0 Å². The van der Waals surface area contributed by atoms with Crippen molar-refractivity contribution in [3.05, 3.63) is 131 Å². The molecule has 1 atom stereocenters. The van der Waals surface area contributed by atoms with E-state index in [2.05, 4.69) is 110 Å². The number of hydrogen-bond donors (Lipinski definition) is 0. The van der Waals surface area contributed by atoms with Crippen LogP contribution in [-0.4, -0.2) is 0 Å². The quantitative estimate of drug-likeness (QED) is 0.272. The molecule has 0 fully saturated rings. The third-order valence-corrected chi connectivity index (χ3v) is 7.90. The molecule has 33 heavy (non-hydrogen) atoms. The Bertz CT molecular complexity index is 1490. The zero-order valence-corrected chi connectivity index (χ0v) is 18.9. The molecule has 158 valence electrons. The third-order valence-electron chi connectivity index (χ3n) is 7.90. The monoisotopic (exact) mass is 422 g/mol. The van der Waals surface area contributed by atoms with Gasteiger partial charge in [0.1, 0.15) is 0 Å². The van der Waals surface area contributed by atoms with E-state index < -0.39 is 0 Å². The first-order valence-corrected chi connectivity index (χ1v) is 12.1. The van der Waals surface area contributed by atoms with Crippen LogP contribution in [0.5, 0.6) is 0 Å². The van der Waals surface area contributed by atoms with Crippen LogP contribution < -0.4 is 0 Å². The van der Waals surface area contributed by atoms with Crippen LogP contribution in [0.2, 0.25) is 0 Å². The minimum Gasteiger partial charge on any atom is -0.0619 e. The summed E-state index contributed by atoms with van der Waals surface area (Å²) in [4.78, 5) is 0. The Morgan fingerprint density at radius 3 is 1.91 bits per heavy atom. The van der Waals surface area contributed by atoms with Crippen LogP contribution >= 0.6 is 0 Å². The lowest BCUT2D eigenvalue weighted by Gasteiger charge is -2.19. The van der Waals surface area contributed by atoms with Gasteiger partial charge in [-0.3, -0.25) is 0 Å². The molecule has 0 spiro atoms. The predicted molar refractivity (Wildman–Crippen MR) is 139 cm³/mol. The zero-order valence-electron chi connectivity index (χ0n) is 18.9. The minimum absolute atomic E-state index is 0.458. The van der Waals surface area contributed by atoms with Crippen LogP contribution in [0.4, 0.5) is 0 Å². The van der Waals surface area contributed by atoms with Crippen molar-refractivity contribution in [3.8, 4) is 22.3 Å². The van der Waals surface area contributed by atoms with E-state index in [1.807, 2.05) is 0 Å². The maximum absolute atomic E-state index is 2.44. The van der Waals surface area contributed by atoms with Crippen LogP contribution in [-0.2, 0) is 0 Å². The number of rotatable bonds is 3. The van der Waals surface area contributed by atoms with Gasteiger partial charge in [0.05, 0.1) is 0 Å². The van der Waals surface area contributed by atoms with Gasteiger partial charge < -0.3 is 0 Å². The van der Waals surface area contributed by atoms with E-state index >= 15 is 0 Å². The van der Waals surface area contributed by atoms with Gasteiger partial charge in [-0.05, 0) is 75.0 Å². The summed E-state index contributed by atoms with van der Waals surface area (Å²) in [6, 6.07) is 38.7. The van der Waals surface area contributed by atoms with Gasteiger partial charge >= 0.3 is 0 Å². The Morgan fingerprint density at radius 2 is 1.15 bits per heavy atom. The Morgan fingerprint density at radius 1 is 0.515 bits per heavy atom. The molecule has 0 saturated heterocycles. The molecule has 0 aliphatic heterocycles. The maximum atomic E-state index is 2.44. The molecule has 0 radical (unpaired) electrons. The molecule has 5 aromatic carbocycles. The third kappa shape index (κ3) is 2.77. The van der Waals surface area contributed by atoms with Crippen LogP contribution in [0, 0.1) is 6.92 Å². The molecule has 7 rings (SSSR count). The van der Waals surface area contributed by atoms with E-state index in [0.29, 0.717) is 11.8 Å². The molecule has 0 aromatic heterocycles. The normalized spacial score (nSPS) is 15.8. The van der Waals surface area contributed by atoms with E-state index in [1.54, 1.807) is 0 Å². The number of benzene rings is 5. The molecule has 0 heterocycles. The molecular formula is C33H26. The molecule has 5 aromatic rings. The van der Waals surface area contributed by atoms with Gasteiger partial charge in [0, 0.05) is 11.8 Å². The predicted octanol–water partition coefficient (Wildman–Crippen LogP) is 8.85. The average molecular weight is 423 g/mol. The molecule has 0 saturated carbocycles. The summed E-state index contributed by atoms with van der Waals surface area (Å²) in [5.41, 5.74) is 13.1. The number of fused-ring (bicyclic) bond motifs is 8. The molecule has 0 heteroatoms. The van der Waals surface area contributed by atoms with Crippen molar-refractivity contribution in [1.82, 2.24) is 0 Å². The highest BCUT2D eigenvalue weighted by Gasteiger charge is 2.33. The highest BCUT2D eigenvalue weighted by atomic mass is 14.4. The van der Waals surface area contributed by atoms with Crippen molar-refractivity contribution < 1.29 is 0 Å². The second-order valence-electron chi connectivity index (χ2n) is 9.70. The van der Waals surface area contributed by atoms with E-state index in [4.69, 9.17) is 0 Å².